The predicted molar refractivity (Wildman–Crippen MR) is 244 cm³/mol. The summed E-state index contributed by atoms with van der Waals surface area (Å²) in [6, 6.07) is 0. The number of carbonyl (C=O) groups excluding carboxylic acids is 2. The van der Waals surface area contributed by atoms with Crippen molar-refractivity contribution >= 4 is 17.9 Å². The first-order valence-corrected chi connectivity index (χ1v) is 21.7. The van der Waals surface area contributed by atoms with E-state index in [0.29, 0.717) is 23.9 Å². The highest BCUT2D eigenvalue weighted by Gasteiger charge is 2.25. The Labute approximate surface area is 357 Å². The van der Waals surface area contributed by atoms with E-state index in [1.54, 1.807) is 0 Å². The lowest BCUT2D eigenvalue weighted by Crippen LogP contribution is -2.40. The maximum Gasteiger partial charge on any atom is 0.361 e. The Morgan fingerprint density at radius 1 is 0.508 bits per heavy atom. The fourth-order valence-electron chi connectivity index (χ4n) is 4.91. The molecule has 0 radical (unpaired) electrons. The Balaban J connectivity index is 4.65. The molecule has 330 valence electrons. The zero-order valence-electron chi connectivity index (χ0n) is 37.1. The van der Waals surface area contributed by atoms with Gasteiger partial charge in [0.05, 0.1) is 34.4 Å². The van der Waals surface area contributed by atoms with Crippen LogP contribution in [0.3, 0.4) is 0 Å². The number of hydrogen-bond donors (Lipinski definition) is 1. The molecule has 1 N–H and O–H groups in total. The minimum absolute atomic E-state index is 0.161. The molecule has 59 heavy (non-hydrogen) atoms. The van der Waals surface area contributed by atoms with E-state index in [4.69, 9.17) is 18.9 Å². The molecule has 0 bridgehead atoms. The maximum atomic E-state index is 12.7. The number of likely N-dealkylation sites (N-methyl/N-ethyl adjacent to an activating group) is 1. The van der Waals surface area contributed by atoms with Crippen LogP contribution < -0.4 is 0 Å². The van der Waals surface area contributed by atoms with Crippen LogP contribution in [0.1, 0.15) is 117 Å². The van der Waals surface area contributed by atoms with Crippen molar-refractivity contribution in [3.05, 3.63) is 122 Å². The molecule has 0 heterocycles. The molecule has 9 heteroatoms. The molecule has 0 aliphatic rings. The molecule has 0 aliphatic heterocycles. The molecule has 0 spiro atoms. The van der Waals surface area contributed by atoms with Gasteiger partial charge in [-0.25, -0.2) is 4.79 Å². The first-order valence-electron chi connectivity index (χ1n) is 21.7. The summed E-state index contributed by atoms with van der Waals surface area (Å²) in [5, 5.41) is 9.62. The van der Waals surface area contributed by atoms with Gasteiger partial charge in [0.15, 0.2) is 6.10 Å². The second kappa shape index (κ2) is 40.5. The van der Waals surface area contributed by atoms with Gasteiger partial charge in [0, 0.05) is 12.8 Å². The van der Waals surface area contributed by atoms with Gasteiger partial charge in [-0.1, -0.05) is 135 Å². The van der Waals surface area contributed by atoms with E-state index in [1.807, 2.05) is 33.3 Å². The number of esters is 2. The van der Waals surface area contributed by atoms with Crippen molar-refractivity contribution in [2.24, 2.45) is 0 Å². The average Bonchev–Trinajstić information content (AvgIpc) is 3.19. The van der Waals surface area contributed by atoms with Crippen LogP contribution in [0, 0.1) is 0 Å². The molecule has 0 saturated carbocycles. The quantitative estimate of drug-likeness (QED) is 0.0217. The Morgan fingerprint density at radius 3 is 1.36 bits per heavy atom. The summed E-state index contributed by atoms with van der Waals surface area (Å²) in [6.45, 7) is 4.45. The minimum atomic E-state index is -1.54. The number of rotatable bonds is 37. The molecule has 0 rings (SSSR count). The molecule has 2 atom stereocenters. The van der Waals surface area contributed by atoms with E-state index in [1.165, 1.54) is 0 Å². The molecular formula is C50H78NO8+. The third kappa shape index (κ3) is 41.6. The molecule has 0 aromatic heterocycles. The normalized spacial score (nSPS) is 14.1. The molecule has 0 fully saturated rings. The van der Waals surface area contributed by atoms with Gasteiger partial charge in [0.25, 0.3) is 6.29 Å². The van der Waals surface area contributed by atoms with Crippen LogP contribution in [-0.4, -0.2) is 87.4 Å². The third-order valence-electron chi connectivity index (χ3n) is 8.23. The first kappa shape index (κ1) is 54.7. The molecule has 0 aliphatic carbocycles. The number of carboxylic acid groups (broad SMARTS) is 1. The lowest BCUT2D eigenvalue weighted by molar-refractivity contribution is -0.870. The monoisotopic (exact) mass is 821 g/mol. The van der Waals surface area contributed by atoms with Gasteiger partial charge in [0.2, 0.25) is 0 Å². The topological polar surface area (TPSA) is 108 Å². The van der Waals surface area contributed by atoms with Crippen molar-refractivity contribution in [3.8, 4) is 0 Å². The fourth-order valence-corrected chi connectivity index (χ4v) is 4.91. The molecule has 0 aromatic carbocycles. The summed E-state index contributed by atoms with van der Waals surface area (Å²) >= 11 is 0. The van der Waals surface area contributed by atoms with Gasteiger partial charge >= 0.3 is 17.9 Å². The van der Waals surface area contributed by atoms with E-state index >= 15 is 0 Å². The molecule has 2 unspecified atom stereocenters. The molecule has 0 amide bonds. The van der Waals surface area contributed by atoms with Crippen molar-refractivity contribution < 1.29 is 42.9 Å². The first-order chi connectivity index (χ1) is 28.6. The van der Waals surface area contributed by atoms with Crippen molar-refractivity contribution in [2.45, 2.75) is 129 Å². The van der Waals surface area contributed by atoms with Crippen LogP contribution >= 0.6 is 0 Å². The second-order valence-electron chi connectivity index (χ2n) is 14.9. The highest BCUT2D eigenvalue weighted by Crippen LogP contribution is 2.09. The molecule has 0 aromatic rings. The number of quaternary nitrogens is 1. The number of aliphatic carboxylic acids is 1. The zero-order valence-corrected chi connectivity index (χ0v) is 37.1. The highest BCUT2D eigenvalue weighted by molar-refractivity contribution is 5.71. The number of allylic oxidation sites excluding steroid dienone is 20. The van der Waals surface area contributed by atoms with E-state index in [0.717, 1.165) is 77.0 Å². The van der Waals surface area contributed by atoms with E-state index < -0.39 is 30.3 Å². The van der Waals surface area contributed by atoms with Crippen LogP contribution in [0.25, 0.3) is 0 Å². The van der Waals surface area contributed by atoms with Gasteiger partial charge < -0.3 is 28.5 Å². The number of carbonyl (C=O) groups is 3. The van der Waals surface area contributed by atoms with E-state index in [9.17, 15) is 19.5 Å². The summed E-state index contributed by atoms with van der Waals surface area (Å²) in [5.74, 6) is -2.20. The summed E-state index contributed by atoms with van der Waals surface area (Å²) < 4.78 is 22.5. The predicted octanol–water partition coefficient (Wildman–Crippen LogP) is 11.4. The fraction of sp³-hybridized carbons (Fsp3) is 0.540. The molecule has 9 nitrogen and oxygen atoms in total. The van der Waals surface area contributed by atoms with Crippen molar-refractivity contribution in [2.75, 3.05) is 47.5 Å². The van der Waals surface area contributed by atoms with Gasteiger partial charge in [-0.2, -0.15) is 0 Å². The maximum absolute atomic E-state index is 12.7. The van der Waals surface area contributed by atoms with Crippen LogP contribution in [0.2, 0.25) is 0 Å². The van der Waals surface area contributed by atoms with Crippen LogP contribution in [0.5, 0.6) is 0 Å². The highest BCUT2D eigenvalue weighted by atomic mass is 16.7. The average molecular weight is 821 g/mol. The summed E-state index contributed by atoms with van der Waals surface area (Å²) in [7, 11) is 5.90. The summed E-state index contributed by atoms with van der Waals surface area (Å²) in [6.07, 6.45) is 52.8. The van der Waals surface area contributed by atoms with Crippen LogP contribution in [-0.2, 0) is 33.3 Å². The number of hydrogen-bond acceptors (Lipinski definition) is 7. The largest absolute Gasteiger partial charge is 0.477 e. The Morgan fingerprint density at radius 2 is 0.932 bits per heavy atom. The molecule has 0 saturated heterocycles. The van der Waals surface area contributed by atoms with Crippen LogP contribution in [0.4, 0.5) is 0 Å². The minimum Gasteiger partial charge on any atom is -0.477 e. The smallest absolute Gasteiger partial charge is 0.361 e. The van der Waals surface area contributed by atoms with Gasteiger partial charge in [-0.3, -0.25) is 9.59 Å². The number of carboxylic acids is 1. The van der Waals surface area contributed by atoms with Crippen molar-refractivity contribution in [1.29, 1.82) is 0 Å². The number of ether oxygens (including phenoxy) is 4. The number of nitrogens with zero attached hydrogens (tertiary/aromatic N) is 1. The zero-order chi connectivity index (χ0) is 43.5. The lowest BCUT2D eigenvalue weighted by atomic mass is 10.2. The Hall–Kier alpha value is -4.31. The standard InChI is InChI=1S/C50H77NO8/c1-6-8-10-12-14-16-18-20-21-22-23-24-25-26-27-29-31-33-35-37-39-41-48(53)59-46(45-58-50(49(54)55)56-43-42-51(3,4)5)44-57-47(52)40-38-36-34-32-30-28-19-17-15-13-11-9-7-2/h8-11,14-17,20-21,23-24,26-28,30-31,33-34,36,46,50H,6-7,12-13,18-19,22,25,29,32,35,37-45H2,1-5H3/p+1/b10-8-,11-9-,16-14-,17-15-,21-20-,24-23-,27-26-,30-28-,33-31-,36-34-. The van der Waals surface area contributed by atoms with Crippen molar-refractivity contribution in [1.82, 2.24) is 0 Å². The Kier molecular flexibility index (Phi) is 37.5. The Bertz CT molecular complexity index is 1370. The van der Waals surface area contributed by atoms with E-state index in [2.05, 4.69) is 123 Å². The number of unbranched alkanes of at least 4 members (excludes halogenated alkanes) is 2. The second-order valence-corrected chi connectivity index (χ2v) is 14.9. The van der Waals surface area contributed by atoms with E-state index in [-0.39, 0.29) is 32.7 Å². The third-order valence-corrected chi connectivity index (χ3v) is 8.23. The molecular weight excluding hydrogens is 743 g/mol. The van der Waals surface area contributed by atoms with Gasteiger partial charge in [0.1, 0.15) is 13.2 Å². The summed E-state index contributed by atoms with van der Waals surface area (Å²) in [4.78, 5) is 37.0. The summed E-state index contributed by atoms with van der Waals surface area (Å²) in [5.41, 5.74) is 0. The van der Waals surface area contributed by atoms with Gasteiger partial charge in [-0.05, 0) is 89.9 Å². The van der Waals surface area contributed by atoms with Gasteiger partial charge in [-0.15, -0.1) is 0 Å². The lowest BCUT2D eigenvalue weighted by Gasteiger charge is -2.25. The van der Waals surface area contributed by atoms with Crippen molar-refractivity contribution in [3.63, 3.8) is 0 Å². The van der Waals surface area contributed by atoms with Crippen LogP contribution in [0.15, 0.2) is 122 Å². The SMILES string of the molecule is CC/C=C\C/C=C\C/C=C\C/C=C\C/C=C\C/C=C\CCCCC(=O)OC(COC(=O)CC/C=C\C/C=C\C/C=C\C/C=C\CC)COC(OCC[N+](C)(C)C)C(=O)O.